The van der Waals surface area contributed by atoms with Crippen LogP contribution in [0.4, 0.5) is 0 Å². The van der Waals surface area contributed by atoms with Crippen LogP contribution < -0.4 is 5.73 Å². The minimum absolute atomic E-state index is 0.389. The molecule has 130 valence electrons. The smallest absolute Gasteiger partial charge is 0.320 e. The number of ether oxygens (including phenoxy) is 1. The number of nitrogens with two attached hydrogens (primary N) is 1. The molecule has 1 saturated heterocycles. The van der Waals surface area contributed by atoms with Crippen molar-refractivity contribution in [3.05, 3.63) is 0 Å². The highest BCUT2D eigenvalue weighted by molar-refractivity contribution is 7.99. The largest absolute Gasteiger partial charge is 0.480 e. The van der Waals surface area contributed by atoms with Gasteiger partial charge in [0.15, 0.2) is 0 Å². The predicted molar refractivity (Wildman–Crippen MR) is 80.6 cm³/mol. The number of carboxylic acids is 1. The molecule has 0 amide bonds. The Balaban J connectivity index is 2.22. The van der Waals surface area contributed by atoms with Crippen LogP contribution in [0.3, 0.4) is 0 Å². The van der Waals surface area contributed by atoms with E-state index in [2.05, 4.69) is 0 Å². The minimum Gasteiger partial charge on any atom is -0.480 e. The highest BCUT2D eigenvalue weighted by Gasteiger charge is 2.42. The summed E-state index contributed by atoms with van der Waals surface area (Å²) in [5.74, 6) is 0.352. The quantitative estimate of drug-likeness (QED) is 0.265. The number of carbonyl (C=O) groups is 1. The van der Waals surface area contributed by atoms with Crippen molar-refractivity contribution in [2.75, 3.05) is 18.1 Å². The Labute approximate surface area is 133 Å². The molecular formula is C13H25NO7S. The normalized spacial score (nSPS) is 33.6. The van der Waals surface area contributed by atoms with E-state index in [0.29, 0.717) is 25.0 Å². The van der Waals surface area contributed by atoms with Crippen LogP contribution in [0.25, 0.3) is 0 Å². The van der Waals surface area contributed by atoms with Crippen molar-refractivity contribution >= 4 is 17.7 Å². The van der Waals surface area contributed by atoms with Crippen LogP contribution >= 0.6 is 11.8 Å². The summed E-state index contributed by atoms with van der Waals surface area (Å²) in [4.78, 5) is 10.5. The Hall–Kier alpha value is -0.420. The van der Waals surface area contributed by atoms with E-state index < -0.39 is 49.1 Å². The van der Waals surface area contributed by atoms with Crippen molar-refractivity contribution in [3.63, 3.8) is 0 Å². The number of rotatable bonds is 9. The number of hydrogen-bond donors (Lipinski definition) is 6. The van der Waals surface area contributed by atoms with Crippen molar-refractivity contribution in [2.45, 2.75) is 55.8 Å². The average molecular weight is 339 g/mol. The van der Waals surface area contributed by atoms with Gasteiger partial charge in [0.2, 0.25) is 0 Å². The average Bonchev–Trinajstić information content (AvgIpc) is 2.49. The second-order valence-electron chi connectivity index (χ2n) is 5.36. The lowest BCUT2D eigenvalue weighted by molar-refractivity contribution is -0.230. The molecule has 0 saturated carbocycles. The number of aliphatic hydroxyl groups is 4. The van der Waals surface area contributed by atoms with Gasteiger partial charge >= 0.3 is 5.97 Å². The SMILES string of the molecule is N[C@@H](CCSCCCC1O[C@H](CO)[C@@H](O)[C@H](O)[C@@H]1O)C(=O)O. The Kier molecular flexibility index (Phi) is 8.62. The number of aliphatic hydroxyl groups excluding tert-OH is 4. The molecule has 0 aromatic heterocycles. The van der Waals surface area contributed by atoms with E-state index in [1.807, 2.05) is 0 Å². The lowest BCUT2D eigenvalue weighted by Gasteiger charge is -2.40. The molecule has 0 spiro atoms. The molecule has 8 nitrogen and oxygen atoms in total. The maximum absolute atomic E-state index is 10.5. The number of carboxylic acid groups (broad SMARTS) is 1. The first-order chi connectivity index (χ1) is 10.4. The van der Waals surface area contributed by atoms with Gasteiger partial charge in [-0.25, -0.2) is 0 Å². The fourth-order valence-electron chi connectivity index (χ4n) is 2.24. The van der Waals surface area contributed by atoms with E-state index in [-0.39, 0.29) is 0 Å². The third-order valence-electron chi connectivity index (χ3n) is 3.66. The van der Waals surface area contributed by atoms with Gasteiger partial charge in [-0.15, -0.1) is 0 Å². The maximum Gasteiger partial charge on any atom is 0.320 e. The van der Waals surface area contributed by atoms with E-state index in [9.17, 15) is 20.1 Å². The van der Waals surface area contributed by atoms with Crippen LogP contribution in [0.5, 0.6) is 0 Å². The van der Waals surface area contributed by atoms with Crippen molar-refractivity contribution in [1.82, 2.24) is 0 Å². The summed E-state index contributed by atoms with van der Waals surface area (Å²) in [7, 11) is 0. The van der Waals surface area contributed by atoms with Gasteiger partial charge in [-0.05, 0) is 30.8 Å². The molecular weight excluding hydrogens is 314 g/mol. The first kappa shape index (κ1) is 19.6. The second kappa shape index (κ2) is 9.66. The van der Waals surface area contributed by atoms with E-state index in [1.165, 1.54) is 0 Å². The first-order valence-electron chi connectivity index (χ1n) is 7.25. The van der Waals surface area contributed by atoms with E-state index in [0.717, 1.165) is 5.75 Å². The van der Waals surface area contributed by atoms with Crippen LogP contribution in [0, 0.1) is 0 Å². The molecule has 1 unspecified atom stereocenters. The second-order valence-corrected chi connectivity index (χ2v) is 6.58. The topological polar surface area (TPSA) is 153 Å². The Bertz CT molecular complexity index is 344. The third kappa shape index (κ3) is 5.65. The van der Waals surface area contributed by atoms with Crippen molar-refractivity contribution in [1.29, 1.82) is 0 Å². The third-order valence-corrected chi connectivity index (χ3v) is 4.76. The molecule has 9 heteroatoms. The molecule has 1 fully saturated rings. The molecule has 7 N–H and O–H groups in total. The fraction of sp³-hybridized carbons (Fsp3) is 0.923. The monoisotopic (exact) mass is 339 g/mol. The van der Waals surface area contributed by atoms with E-state index in [1.54, 1.807) is 11.8 Å². The summed E-state index contributed by atoms with van der Waals surface area (Å²) < 4.78 is 5.39. The zero-order chi connectivity index (χ0) is 16.7. The van der Waals surface area contributed by atoms with Crippen LogP contribution in [-0.4, -0.2) is 86.2 Å². The minimum atomic E-state index is -1.34. The number of hydrogen-bond acceptors (Lipinski definition) is 8. The van der Waals surface area contributed by atoms with Crippen molar-refractivity contribution in [3.8, 4) is 0 Å². The summed E-state index contributed by atoms with van der Waals surface area (Å²) in [5.41, 5.74) is 5.38. The molecule has 1 rings (SSSR count). The van der Waals surface area contributed by atoms with Gasteiger partial charge in [0.05, 0.1) is 12.7 Å². The highest BCUT2D eigenvalue weighted by atomic mass is 32.2. The van der Waals surface area contributed by atoms with Gasteiger partial charge in [-0.3, -0.25) is 4.79 Å². The van der Waals surface area contributed by atoms with Crippen LogP contribution in [-0.2, 0) is 9.53 Å². The Morgan fingerprint density at radius 1 is 1.14 bits per heavy atom. The van der Waals surface area contributed by atoms with Gasteiger partial charge in [-0.1, -0.05) is 0 Å². The molecule has 0 aromatic carbocycles. The predicted octanol–water partition coefficient (Wildman–Crippen LogP) is -1.86. The summed E-state index contributed by atoms with van der Waals surface area (Å²) >= 11 is 1.55. The van der Waals surface area contributed by atoms with Gasteiger partial charge in [-0.2, -0.15) is 11.8 Å². The standard InChI is InChI=1S/C13H25NO7S/c14-7(13(19)20)3-5-22-4-1-2-8-10(16)12(18)11(17)9(6-15)21-8/h7-12,15-18H,1-6,14H2,(H,19,20)/t7-,8?,9+,10+,11+,12+/m0/s1. The van der Waals surface area contributed by atoms with Crippen LogP contribution in [0.2, 0.25) is 0 Å². The zero-order valence-electron chi connectivity index (χ0n) is 12.2. The van der Waals surface area contributed by atoms with Gasteiger partial charge in [0.25, 0.3) is 0 Å². The molecule has 1 aliphatic rings. The highest BCUT2D eigenvalue weighted by Crippen LogP contribution is 2.24. The Morgan fingerprint density at radius 3 is 2.36 bits per heavy atom. The Morgan fingerprint density at radius 2 is 1.77 bits per heavy atom. The summed E-state index contributed by atoms with van der Waals surface area (Å²) in [5, 5.41) is 46.9. The molecule has 6 atom stereocenters. The van der Waals surface area contributed by atoms with Crippen molar-refractivity contribution < 1.29 is 35.1 Å². The summed E-state index contributed by atoms with van der Waals surface area (Å²) in [6, 6.07) is -0.849. The van der Waals surface area contributed by atoms with Crippen LogP contribution in [0.1, 0.15) is 19.3 Å². The molecule has 0 aromatic rings. The molecule has 22 heavy (non-hydrogen) atoms. The molecule has 1 aliphatic heterocycles. The van der Waals surface area contributed by atoms with Crippen LogP contribution in [0.15, 0.2) is 0 Å². The molecule has 1 heterocycles. The van der Waals surface area contributed by atoms with E-state index in [4.69, 9.17) is 20.7 Å². The maximum atomic E-state index is 10.5. The summed E-state index contributed by atoms with van der Waals surface area (Å²) in [6.07, 6.45) is -3.82. The summed E-state index contributed by atoms with van der Waals surface area (Å²) in [6.45, 7) is -0.427. The molecule has 0 bridgehead atoms. The number of aliphatic carboxylic acids is 1. The lowest BCUT2D eigenvalue weighted by Crippen LogP contribution is -2.58. The van der Waals surface area contributed by atoms with E-state index >= 15 is 0 Å². The fourth-order valence-corrected chi connectivity index (χ4v) is 3.24. The number of thioether (sulfide) groups is 1. The van der Waals surface area contributed by atoms with Crippen molar-refractivity contribution in [2.24, 2.45) is 5.73 Å². The van der Waals surface area contributed by atoms with Gasteiger partial charge in [0, 0.05) is 0 Å². The zero-order valence-corrected chi connectivity index (χ0v) is 13.1. The lowest BCUT2D eigenvalue weighted by atomic mass is 9.93. The molecule has 0 aliphatic carbocycles. The first-order valence-corrected chi connectivity index (χ1v) is 8.40. The molecule has 0 radical (unpaired) electrons. The van der Waals surface area contributed by atoms with Gasteiger partial charge < -0.3 is 36.0 Å². The van der Waals surface area contributed by atoms with Gasteiger partial charge in [0.1, 0.15) is 30.5 Å².